The zero-order chi connectivity index (χ0) is 12.3. The van der Waals surface area contributed by atoms with E-state index in [1.165, 1.54) is 0 Å². The first-order valence-corrected chi connectivity index (χ1v) is 6.31. The number of nitrogens with zero attached hydrogens (tertiary/aromatic N) is 1. The fourth-order valence-corrected chi connectivity index (χ4v) is 2.56. The molecule has 1 unspecified atom stereocenters. The van der Waals surface area contributed by atoms with Gasteiger partial charge in [-0.3, -0.25) is 4.79 Å². The van der Waals surface area contributed by atoms with Gasteiger partial charge >= 0.3 is 0 Å². The van der Waals surface area contributed by atoms with Crippen LogP contribution in [0.3, 0.4) is 0 Å². The zero-order valence-electron chi connectivity index (χ0n) is 11.1. The molecule has 1 aliphatic heterocycles. The lowest BCUT2D eigenvalue weighted by atomic mass is 9.84. The molecule has 1 rings (SSSR count). The average molecular weight is 226 g/mol. The molecule has 1 fully saturated rings. The number of carbonyl (C=O) groups excluding carboxylic acids is 1. The maximum absolute atomic E-state index is 12.0. The lowest BCUT2D eigenvalue weighted by Crippen LogP contribution is -2.33. The van der Waals surface area contributed by atoms with Crippen LogP contribution in [0.25, 0.3) is 0 Å². The number of carbonyl (C=O) groups is 1. The van der Waals surface area contributed by atoms with Crippen molar-refractivity contribution in [2.24, 2.45) is 17.1 Å². The molecule has 3 heteroatoms. The van der Waals surface area contributed by atoms with Crippen LogP contribution in [0.5, 0.6) is 0 Å². The molecule has 2 N–H and O–H groups in total. The van der Waals surface area contributed by atoms with Crippen LogP contribution in [-0.4, -0.2) is 29.9 Å². The van der Waals surface area contributed by atoms with Crippen LogP contribution >= 0.6 is 0 Å². The molecule has 1 amide bonds. The standard InChI is InChI=1S/C13H26N2O/c1-10(8-13(2,3)4)7-12(16)15-6-5-11(14)9-15/h10-11H,5-9,14H2,1-4H3/t10?,11-/m1/s1. The normalized spacial score (nSPS) is 23.6. The molecule has 1 heterocycles. The quantitative estimate of drug-likeness (QED) is 0.800. The van der Waals surface area contributed by atoms with Gasteiger partial charge < -0.3 is 10.6 Å². The van der Waals surface area contributed by atoms with Gasteiger partial charge in [0.05, 0.1) is 0 Å². The third-order valence-electron chi connectivity index (χ3n) is 3.06. The van der Waals surface area contributed by atoms with E-state index in [4.69, 9.17) is 5.73 Å². The fraction of sp³-hybridized carbons (Fsp3) is 0.923. The second-order valence-electron chi connectivity index (χ2n) is 6.46. The van der Waals surface area contributed by atoms with Crippen LogP contribution < -0.4 is 5.73 Å². The van der Waals surface area contributed by atoms with Crippen molar-refractivity contribution in [1.82, 2.24) is 4.90 Å². The molecular weight excluding hydrogens is 200 g/mol. The van der Waals surface area contributed by atoms with Crippen molar-refractivity contribution < 1.29 is 4.79 Å². The lowest BCUT2D eigenvalue weighted by Gasteiger charge is -2.24. The molecule has 16 heavy (non-hydrogen) atoms. The van der Waals surface area contributed by atoms with Crippen molar-refractivity contribution >= 4 is 5.91 Å². The monoisotopic (exact) mass is 226 g/mol. The van der Waals surface area contributed by atoms with Crippen molar-refractivity contribution in [3.8, 4) is 0 Å². The molecule has 0 spiro atoms. The molecule has 0 radical (unpaired) electrons. The van der Waals surface area contributed by atoms with Gasteiger partial charge in [0.15, 0.2) is 0 Å². The Hall–Kier alpha value is -0.570. The molecule has 0 aliphatic carbocycles. The second kappa shape index (κ2) is 5.17. The third-order valence-corrected chi connectivity index (χ3v) is 3.06. The Morgan fingerprint density at radius 2 is 2.12 bits per heavy atom. The third kappa shape index (κ3) is 4.52. The Morgan fingerprint density at radius 3 is 2.56 bits per heavy atom. The summed E-state index contributed by atoms with van der Waals surface area (Å²) >= 11 is 0. The van der Waals surface area contributed by atoms with Crippen LogP contribution in [0.15, 0.2) is 0 Å². The molecule has 2 atom stereocenters. The Morgan fingerprint density at radius 1 is 1.50 bits per heavy atom. The van der Waals surface area contributed by atoms with Gasteiger partial charge in [0.1, 0.15) is 0 Å². The Balaban J connectivity index is 2.34. The molecule has 0 aromatic carbocycles. The SMILES string of the molecule is CC(CC(=O)N1CC[C@@H](N)C1)CC(C)(C)C. The number of rotatable bonds is 3. The number of amides is 1. The van der Waals surface area contributed by atoms with E-state index in [2.05, 4.69) is 27.7 Å². The van der Waals surface area contributed by atoms with E-state index in [0.29, 0.717) is 17.8 Å². The molecule has 1 aliphatic rings. The van der Waals surface area contributed by atoms with Gasteiger partial charge in [-0.25, -0.2) is 0 Å². The summed E-state index contributed by atoms with van der Waals surface area (Å²) < 4.78 is 0. The highest BCUT2D eigenvalue weighted by Gasteiger charge is 2.25. The summed E-state index contributed by atoms with van der Waals surface area (Å²) in [5, 5.41) is 0. The summed E-state index contributed by atoms with van der Waals surface area (Å²) in [5.41, 5.74) is 6.11. The maximum atomic E-state index is 12.0. The van der Waals surface area contributed by atoms with E-state index >= 15 is 0 Å². The second-order valence-corrected chi connectivity index (χ2v) is 6.46. The smallest absolute Gasteiger partial charge is 0.222 e. The van der Waals surface area contributed by atoms with Crippen LogP contribution in [0.4, 0.5) is 0 Å². The van der Waals surface area contributed by atoms with Crippen molar-refractivity contribution in [2.75, 3.05) is 13.1 Å². The van der Waals surface area contributed by atoms with Crippen molar-refractivity contribution in [2.45, 2.75) is 53.0 Å². The van der Waals surface area contributed by atoms with Gasteiger partial charge in [0, 0.05) is 25.6 Å². The minimum atomic E-state index is 0.196. The number of likely N-dealkylation sites (tertiary alicyclic amines) is 1. The molecule has 0 bridgehead atoms. The minimum Gasteiger partial charge on any atom is -0.341 e. The summed E-state index contributed by atoms with van der Waals surface area (Å²) in [7, 11) is 0. The van der Waals surface area contributed by atoms with Crippen LogP contribution in [-0.2, 0) is 4.79 Å². The first kappa shape index (κ1) is 13.5. The summed E-state index contributed by atoms with van der Waals surface area (Å²) in [6.45, 7) is 10.4. The summed E-state index contributed by atoms with van der Waals surface area (Å²) in [6.07, 6.45) is 2.72. The zero-order valence-corrected chi connectivity index (χ0v) is 11.1. The minimum absolute atomic E-state index is 0.196. The van der Waals surface area contributed by atoms with Crippen LogP contribution in [0.1, 0.15) is 47.0 Å². The topological polar surface area (TPSA) is 46.3 Å². The number of hydrogen-bond donors (Lipinski definition) is 1. The molecule has 1 saturated heterocycles. The van der Waals surface area contributed by atoms with E-state index in [1.54, 1.807) is 0 Å². The summed E-state index contributed by atoms with van der Waals surface area (Å²) in [5.74, 6) is 0.744. The van der Waals surface area contributed by atoms with Gasteiger partial charge in [-0.05, 0) is 24.2 Å². The molecule has 0 aromatic rings. The van der Waals surface area contributed by atoms with Gasteiger partial charge in [0.25, 0.3) is 0 Å². The van der Waals surface area contributed by atoms with Gasteiger partial charge in [-0.2, -0.15) is 0 Å². The molecule has 0 saturated carbocycles. The number of nitrogens with two attached hydrogens (primary N) is 1. The lowest BCUT2D eigenvalue weighted by molar-refractivity contribution is -0.131. The van der Waals surface area contributed by atoms with E-state index in [1.807, 2.05) is 4.90 Å². The molecule has 0 aromatic heterocycles. The van der Waals surface area contributed by atoms with E-state index in [9.17, 15) is 4.79 Å². The van der Waals surface area contributed by atoms with E-state index < -0.39 is 0 Å². The highest BCUT2D eigenvalue weighted by molar-refractivity contribution is 5.76. The molecule has 94 valence electrons. The van der Waals surface area contributed by atoms with Gasteiger partial charge in [0.2, 0.25) is 5.91 Å². The Labute approximate surface area is 99.4 Å². The van der Waals surface area contributed by atoms with Crippen molar-refractivity contribution in [3.63, 3.8) is 0 Å². The predicted octanol–water partition coefficient (Wildman–Crippen LogP) is 2.01. The van der Waals surface area contributed by atoms with Gasteiger partial charge in [-0.1, -0.05) is 27.7 Å². The van der Waals surface area contributed by atoms with Crippen LogP contribution in [0, 0.1) is 11.3 Å². The highest BCUT2D eigenvalue weighted by atomic mass is 16.2. The highest BCUT2D eigenvalue weighted by Crippen LogP contribution is 2.26. The maximum Gasteiger partial charge on any atom is 0.222 e. The molecule has 3 nitrogen and oxygen atoms in total. The predicted molar refractivity (Wildman–Crippen MR) is 67.0 cm³/mol. The fourth-order valence-electron chi connectivity index (χ4n) is 2.56. The summed E-state index contributed by atoms with van der Waals surface area (Å²) in [4.78, 5) is 13.9. The molecular formula is C13H26N2O. The Bertz CT molecular complexity index is 245. The average Bonchev–Trinajstić information content (AvgIpc) is 2.47. The van der Waals surface area contributed by atoms with Gasteiger partial charge in [-0.15, -0.1) is 0 Å². The van der Waals surface area contributed by atoms with Crippen molar-refractivity contribution in [1.29, 1.82) is 0 Å². The van der Waals surface area contributed by atoms with E-state index in [-0.39, 0.29) is 11.9 Å². The van der Waals surface area contributed by atoms with Crippen LogP contribution in [0.2, 0.25) is 0 Å². The largest absolute Gasteiger partial charge is 0.341 e. The first-order chi connectivity index (χ1) is 7.28. The Kier molecular flexibility index (Phi) is 4.36. The number of hydrogen-bond acceptors (Lipinski definition) is 2. The van der Waals surface area contributed by atoms with Crippen molar-refractivity contribution in [3.05, 3.63) is 0 Å². The summed E-state index contributed by atoms with van der Waals surface area (Å²) in [6, 6.07) is 0.196. The van der Waals surface area contributed by atoms with E-state index in [0.717, 1.165) is 25.9 Å². The first-order valence-electron chi connectivity index (χ1n) is 6.31.